The number of anilines is 1. The first kappa shape index (κ1) is 15.9. The number of likely N-dealkylation sites (N-methyl/N-ethyl adjacent to an activating group) is 2. The van der Waals surface area contributed by atoms with Gasteiger partial charge in [0.1, 0.15) is 5.82 Å². The maximum Gasteiger partial charge on any atom is 0.257 e. The second-order valence-corrected chi connectivity index (χ2v) is 5.53. The summed E-state index contributed by atoms with van der Waals surface area (Å²) < 4.78 is 0.804. The first-order chi connectivity index (χ1) is 8.95. The van der Waals surface area contributed by atoms with Gasteiger partial charge in [-0.25, -0.2) is 4.98 Å². The largest absolute Gasteiger partial charge is 0.370 e. The van der Waals surface area contributed by atoms with Crippen LogP contribution in [0.1, 0.15) is 17.3 Å². The Morgan fingerprint density at radius 1 is 1.37 bits per heavy atom. The molecule has 0 aliphatic carbocycles. The van der Waals surface area contributed by atoms with Crippen molar-refractivity contribution in [3.63, 3.8) is 0 Å². The van der Waals surface area contributed by atoms with Crippen LogP contribution in [0.3, 0.4) is 0 Å². The Hall–Kier alpha value is -1.14. The highest BCUT2D eigenvalue weighted by molar-refractivity contribution is 9.10. The summed E-state index contributed by atoms with van der Waals surface area (Å²) in [5, 5.41) is 3.11. The summed E-state index contributed by atoms with van der Waals surface area (Å²) >= 11 is 3.36. The first-order valence-corrected chi connectivity index (χ1v) is 7.04. The second kappa shape index (κ2) is 7.45. The number of carbonyl (C=O) groups is 1. The lowest BCUT2D eigenvalue weighted by molar-refractivity contribution is 0.0787. The molecule has 1 aromatic rings. The molecule has 0 saturated carbocycles. The number of nitrogens with one attached hydrogen (secondary N) is 1. The van der Waals surface area contributed by atoms with Crippen LogP contribution in [0.5, 0.6) is 0 Å². The fourth-order valence-corrected chi connectivity index (χ4v) is 1.90. The van der Waals surface area contributed by atoms with Crippen LogP contribution in [0.25, 0.3) is 0 Å². The number of hydrogen-bond donors (Lipinski definition) is 1. The number of amides is 1. The molecule has 0 unspecified atom stereocenters. The Bertz CT molecular complexity index is 437. The van der Waals surface area contributed by atoms with Gasteiger partial charge in [0.05, 0.1) is 5.56 Å². The molecule has 0 radical (unpaired) electrons. The second-order valence-electron chi connectivity index (χ2n) is 4.61. The molecule has 1 aromatic heterocycles. The molecular weight excluding hydrogens is 308 g/mol. The van der Waals surface area contributed by atoms with E-state index in [-0.39, 0.29) is 5.91 Å². The predicted molar refractivity (Wildman–Crippen MR) is 81.6 cm³/mol. The maximum absolute atomic E-state index is 12.4. The van der Waals surface area contributed by atoms with E-state index in [9.17, 15) is 4.79 Å². The third-order valence-electron chi connectivity index (χ3n) is 2.66. The standard InChI is InChI=1S/C13H21BrN4O/c1-5-15-12-11(8-10(14)9-16-12)13(19)18(4)7-6-17(2)3/h8-9H,5-7H2,1-4H3,(H,15,16). The summed E-state index contributed by atoms with van der Waals surface area (Å²) in [6.45, 7) is 4.23. The SMILES string of the molecule is CCNc1ncc(Br)cc1C(=O)N(C)CCN(C)C. The molecule has 106 valence electrons. The lowest BCUT2D eigenvalue weighted by atomic mass is 10.2. The third-order valence-corrected chi connectivity index (χ3v) is 3.09. The van der Waals surface area contributed by atoms with E-state index in [0.29, 0.717) is 17.9 Å². The van der Waals surface area contributed by atoms with Gasteiger partial charge in [-0.1, -0.05) is 0 Å². The highest BCUT2D eigenvalue weighted by Gasteiger charge is 2.17. The molecule has 0 saturated heterocycles. The number of hydrogen-bond acceptors (Lipinski definition) is 4. The minimum atomic E-state index is -0.0217. The lowest BCUT2D eigenvalue weighted by Gasteiger charge is -2.21. The number of nitrogens with zero attached hydrogens (tertiary/aromatic N) is 3. The molecule has 0 aliphatic heterocycles. The van der Waals surface area contributed by atoms with Gasteiger partial charge in [0, 0.05) is 37.4 Å². The summed E-state index contributed by atoms with van der Waals surface area (Å²) in [5.74, 6) is 0.610. The third kappa shape index (κ3) is 4.80. The quantitative estimate of drug-likeness (QED) is 0.866. The van der Waals surface area contributed by atoms with Gasteiger partial charge >= 0.3 is 0 Å². The van der Waals surface area contributed by atoms with Crippen molar-refractivity contribution in [1.29, 1.82) is 0 Å². The monoisotopic (exact) mass is 328 g/mol. The zero-order valence-corrected chi connectivity index (χ0v) is 13.5. The fraction of sp³-hybridized carbons (Fsp3) is 0.538. The van der Waals surface area contributed by atoms with Crippen LogP contribution in [0.4, 0.5) is 5.82 Å². The zero-order valence-electron chi connectivity index (χ0n) is 11.9. The Labute approximate surface area is 123 Å². The summed E-state index contributed by atoms with van der Waals surface area (Å²) in [4.78, 5) is 20.4. The molecule has 0 aromatic carbocycles. The van der Waals surface area contributed by atoms with E-state index in [1.54, 1.807) is 17.2 Å². The molecule has 1 amide bonds. The molecule has 1 rings (SSSR count). The smallest absolute Gasteiger partial charge is 0.257 e. The molecule has 1 heterocycles. The van der Waals surface area contributed by atoms with E-state index in [4.69, 9.17) is 0 Å². The number of aromatic nitrogens is 1. The number of pyridine rings is 1. The minimum absolute atomic E-state index is 0.0217. The first-order valence-electron chi connectivity index (χ1n) is 6.25. The summed E-state index contributed by atoms with van der Waals surface area (Å²) in [6, 6.07) is 1.81. The number of halogens is 1. The van der Waals surface area contributed by atoms with E-state index < -0.39 is 0 Å². The van der Waals surface area contributed by atoms with Gasteiger partial charge in [-0.15, -0.1) is 0 Å². The number of rotatable bonds is 6. The Balaban J connectivity index is 2.87. The molecule has 0 spiro atoms. The molecule has 5 nitrogen and oxygen atoms in total. The van der Waals surface area contributed by atoms with Gasteiger partial charge in [-0.05, 0) is 43.0 Å². The molecule has 6 heteroatoms. The van der Waals surface area contributed by atoms with E-state index >= 15 is 0 Å². The molecule has 0 bridgehead atoms. The molecule has 0 atom stereocenters. The van der Waals surface area contributed by atoms with Crippen LogP contribution in [0, 0.1) is 0 Å². The van der Waals surface area contributed by atoms with E-state index in [2.05, 4.69) is 26.2 Å². The Morgan fingerprint density at radius 3 is 2.63 bits per heavy atom. The maximum atomic E-state index is 12.4. The van der Waals surface area contributed by atoms with Crippen molar-refractivity contribution in [2.75, 3.05) is 46.1 Å². The van der Waals surface area contributed by atoms with Gasteiger partial charge < -0.3 is 15.1 Å². The van der Waals surface area contributed by atoms with Crippen molar-refractivity contribution in [2.45, 2.75) is 6.92 Å². The van der Waals surface area contributed by atoms with Crippen molar-refractivity contribution in [1.82, 2.24) is 14.8 Å². The van der Waals surface area contributed by atoms with Crippen LogP contribution in [0.15, 0.2) is 16.7 Å². The van der Waals surface area contributed by atoms with E-state index in [1.165, 1.54) is 0 Å². The van der Waals surface area contributed by atoms with E-state index in [1.807, 2.05) is 33.0 Å². The number of carbonyl (C=O) groups excluding carboxylic acids is 1. The van der Waals surface area contributed by atoms with Gasteiger partial charge in [-0.3, -0.25) is 4.79 Å². The van der Waals surface area contributed by atoms with Crippen LogP contribution >= 0.6 is 15.9 Å². The highest BCUT2D eigenvalue weighted by atomic mass is 79.9. The summed E-state index contributed by atoms with van der Waals surface area (Å²) in [5.41, 5.74) is 0.595. The lowest BCUT2D eigenvalue weighted by Crippen LogP contribution is -2.34. The van der Waals surface area contributed by atoms with Gasteiger partial charge in [0.2, 0.25) is 0 Å². The molecule has 19 heavy (non-hydrogen) atoms. The van der Waals surface area contributed by atoms with Crippen molar-refractivity contribution < 1.29 is 4.79 Å². The van der Waals surface area contributed by atoms with E-state index in [0.717, 1.165) is 17.6 Å². The molecule has 0 fully saturated rings. The van der Waals surface area contributed by atoms with Crippen molar-refractivity contribution in [3.8, 4) is 0 Å². The van der Waals surface area contributed by atoms with Gasteiger partial charge in [0.15, 0.2) is 0 Å². The minimum Gasteiger partial charge on any atom is -0.370 e. The van der Waals surface area contributed by atoms with Gasteiger partial charge in [-0.2, -0.15) is 0 Å². The predicted octanol–water partition coefficient (Wildman–Crippen LogP) is 1.91. The fourth-order valence-electron chi connectivity index (χ4n) is 1.57. The summed E-state index contributed by atoms with van der Waals surface area (Å²) in [6.07, 6.45) is 1.69. The Kier molecular flexibility index (Phi) is 6.24. The van der Waals surface area contributed by atoms with Crippen LogP contribution in [-0.2, 0) is 0 Å². The van der Waals surface area contributed by atoms with Crippen LogP contribution in [-0.4, -0.2) is 61.5 Å². The zero-order chi connectivity index (χ0) is 14.4. The van der Waals surface area contributed by atoms with Crippen LogP contribution in [0.2, 0.25) is 0 Å². The van der Waals surface area contributed by atoms with Crippen molar-refractivity contribution in [2.24, 2.45) is 0 Å². The topological polar surface area (TPSA) is 48.5 Å². The normalized spacial score (nSPS) is 10.6. The van der Waals surface area contributed by atoms with Crippen molar-refractivity contribution in [3.05, 3.63) is 22.3 Å². The average Bonchev–Trinajstić information content (AvgIpc) is 2.37. The Morgan fingerprint density at radius 2 is 2.05 bits per heavy atom. The highest BCUT2D eigenvalue weighted by Crippen LogP contribution is 2.19. The average molecular weight is 329 g/mol. The summed E-state index contributed by atoms with van der Waals surface area (Å²) in [7, 11) is 5.79. The van der Waals surface area contributed by atoms with Crippen LogP contribution < -0.4 is 5.32 Å². The molecule has 1 N–H and O–H groups in total. The van der Waals surface area contributed by atoms with Gasteiger partial charge in [0.25, 0.3) is 5.91 Å². The molecular formula is C13H21BrN4O. The molecule has 0 aliphatic rings. The van der Waals surface area contributed by atoms with Crippen molar-refractivity contribution >= 4 is 27.7 Å².